The van der Waals surface area contributed by atoms with Crippen LogP contribution in [0.25, 0.3) is 0 Å². The lowest BCUT2D eigenvalue weighted by Crippen LogP contribution is -2.44. The van der Waals surface area contributed by atoms with Crippen LogP contribution in [-0.2, 0) is 4.79 Å². The average molecular weight is 262 g/mol. The van der Waals surface area contributed by atoms with Crippen LogP contribution in [0.4, 0.5) is 0 Å². The molecule has 4 rings (SSSR count). The molecule has 3 heteroatoms. The Kier molecular flexibility index (Phi) is 2.70. The lowest BCUT2D eigenvalue weighted by molar-refractivity contribution is -0.132. The fourth-order valence-electron chi connectivity index (χ4n) is 4.50. The van der Waals surface area contributed by atoms with Gasteiger partial charge in [-0.25, -0.2) is 0 Å². The number of hydrogen-bond donors (Lipinski definition) is 1. The van der Waals surface area contributed by atoms with E-state index in [-0.39, 0.29) is 5.54 Å². The first kappa shape index (κ1) is 12.2. The molecule has 0 aromatic heterocycles. The van der Waals surface area contributed by atoms with E-state index in [0.717, 1.165) is 24.7 Å². The highest BCUT2D eigenvalue weighted by atomic mass is 16.2. The van der Waals surface area contributed by atoms with Crippen LogP contribution in [0.5, 0.6) is 0 Å². The van der Waals surface area contributed by atoms with Crippen molar-refractivity contribution in [2.45, 2.75) is 82.5 Å². The van der Waals surface area contributed by atoms with Crippen LogP contribution in [0.3, 0.4) is 0 Å². The molecule has 1 amide bonds. The minimum absolute atomic E-state index is 0.105. The lowest BCUT2D eigenvalue weighted by Gasteiger charge is -2.29. The number of amides is 1. The van der Waals surface area contributed by atoms with Gasteiger partial charge < -0.3 is 4.90 Å². The zero-order valence-electron chi connectivity index (χ0n) is 12.0. The maximum atomic E-state index is 12.8. The maximum absolute atomic E-state index is 12.8. The second-order valence-electron chi connectivity index (χ2n) is 7.28. The minimum Gasteiger partial charge on any atom is -0.322 e. The zero-order chi connectivity index (χ0) is 13.0. The molecule has 0 radical (unpaired) electrons. The van der Waals surface area contributed by atoms with Gasteiger partial charge in [-0.3, -0.25) is 10.1 Å². The van der Waals surface area contributed by atoms with E-state index in [1.165, 1.54) is 44.9 Å². The highest BCUT2D eigenvalue weighted by molar-refractivity contribution is 5.92. The van der Waals surface area contributed by atoms with Crippen molar-refractivity contribution >= 4 is 5.91 Å². The van der Waals surface area contributed by atoms with Gasteiger partial charge in [0.2, 0.25) is 5.91 Å². The second kappa shape index (κ2) is 4.21. The van der Waals surface area contributed by atoms with Crippen molar-refractivity contribution in [2.75, 3.05) is 0 Å². The first-order valence-corrected chi connectivity index (χ1v) is 8.35. The summed E-state index contributed by atoms with van der Waals surface area (Å²) in [5.41, 5.74) is -0.105. The summed E-state index contributed by atoms with van der Waals surface area (Å²) in [5.74, 6) is 1.98. The largest absolute Gasteiger partial charge is 0.322 e. The van der Waals surface area contributed by atoms with Crippen LogP contribution in [0.2, 0.25) is 0 Å². The van der Waals surface area contributed by atoms with Crippen molar-refractivity contribution in [3.8, 4) is 0 Å². The SMILES string of the molecule is CCCC1CC1N1C(=O)C2(CC2)NC1C1CCCC1. The summed E-state index contributed by atoms with van der Waals surface area (Å²) in [4.78, 5) is 15.1. The summed E-state index contributed by atoms with van der Waals surface area (Å²) in [6.45, 7) is 2.26. The summed E-state index contributed by atoms with van der Waals surface area (Å²) >= 11 is 0. The van der Waals surface area contributed by atoms with Crippen LogP contribution in [0, 0.1) is 11.8 Å². The monoisotopic (exact) mass is 262 g/mol. The highest BCUT2D eigenvalue weighted by Crippen LogP contribution is 2.51. The molecule has 4 aliphatic rings. The van der Waals surface area contributed by atoms with Crippen molar-refractivity contribution in [2.24, 2.45) is 11.8 Å². The molecule has 3 unspecified atom stereocenters. The molecular weight excluding hydrogens is 236 g/mol. The Morgan fingerprint density at radius 2 is 2.05 bits per heavy atom. The normalized spacial score (nSPS) is 40.4. The van der Waals surface area contributed by atoms with Crippen molar-refractivity contribution in [1.29, 1.82) is 0 Å². The van der Waals surface area contributed by atoms with Gasteiger partial charge >= 0.3 is 0 Å². The number of hydrogen-bond acceptors (Lipinski definition) is 2. The summed E-state index contributed by atoms with van der Waals surface area (Å²) in [6.07, 6.45) is 11.7. The van der Waals surface area contributed by atoms with Gasteiger partial charge in [-0.05, 0) is 50.4 Å². The molecule has 1 aliphatic heterocycles. The van der Waals surface area contributed by atoms with Crippen LogP contribution < -0.4 is 5.32 Å². The van der Waals surface area contributed by atoms with Crippen molar-refractivity contribution < 1.29 is 4.79 Å². The lowest BCUT2D eigenvalue weighted by atomic mass is 10.0. The van der Waals surface area contributed by atoms with Gasteiger partial charge in [0.1, 0.15) is 0 Å². The molecule has 106 valence electrons. The predicted molar refractivity (Wildman–Crippen MR) is 74.5 cm³/mol. The molecule has 19 heavy (non-hydrogen) atoms. The molecular formula is C16H26N2O. The number of nitrogens with one attached hydrogen (secondary N) is 1. The van der Waals surface area contributed by atoms with Gasteiger partial charge in [0, 0.05) is 6.04 Å². The predicted octanol–water partition coefficient (Wildman–Crippen LogP) is 2.66. The number of nitrogens with zero attached hydrogens (tertiary/aromatic N) is 1. The summed E-state index contributed by atoms with van der Waals surface area (Å²) in [6, 6.07) is 0.575. The molecule has 4 fully saturated rings. The molecule has 0 aromatic carbocycles. The Morgan fingerprint density at radius 1 is 1.32 bits per heavy atom. The van der Waals surface area contributed by atoms with E-state index in [0.29, 0.717) is 18.1 Å². The third kappa shape index (κ3) is 1.84. The third-order valence-corrected chi connectivity index (χ3v) is 5.87. The van der Waals surface area contributed by atoms with Gasteiger partial charge in [0.05, 0.1) is 11.7 Å². The Balaban J connectivity index is 1.53. The zero-order valence-corrected chi connectivity index (χ0v) is 12.0. The molecule has 0 bridgehead atoms. The van der Waals surface area contributed by atoms with Crippen molar-refractivity contribution in [1.82, 2.24) is 10.2 Å². The quantitative estimate of drug-likeness (QED) is 0.845. The van der Waals surface area contributed by atoms with Gasteiger partial charge in [-0.1, -0.05) is 26.2 Å². The van der Waals surface area contributed by atoms with Crippen LogP contribution in [-0.4, -0.2) is 28.6 Å². The van der Waals surface area contributed by atoms with Crippen molar-refractivity contribution in [3.05, 3.63) is 0 Å². The van der Waals surface area contributed by atoms with E-state index in [2.05, 4.69) is 17.1 Å². The third-order valence-electron chi connectivity index (χ3n) is 5.87. The van der Waals surface area contributed by atoms with Crippen molar-refractivity contribution in [3.63, 3.8) is 0 Å². The summed E-state index contributed by atoms with van der Waals surface area (Å²) in [7, 11) is 0. The van der Waals surface area contributed by atoms with Gasteiger partial charge in [0.15, 0.2) is 0 Å². The molecule has 3 aliphatic carbocycles. The Morgan fingerprint density at radius 3 is 2.68 bits per heavy atom. The molecule has 3 nitrogen and oxygen atoms in total. The smallest absolute Gasteiger partial charge is 0.244 e. The molecule has 3 saturated carbocycles. The Hall–Kier alpha value is -0.570. The summed E-state index contributed by atoms with van der Waals surface area (Å²) < 4.78 is 0. The van der Waals surface area contributed by atoms with Gasteiger partial charge in [0.25, 0.3) is 0 Å². The standard InChI is InChI=1S/C16H26N2O/c1-2-5-12-10-13(12)18-14(11-6-3-4-7-11)17-16(8-9-16)15(18)19/h11-14,17H,2-10H2,1H3. The number of carbonyl (C=O) groups is 1. The highest BCUT2D eigenvalue weighted by Gasteiger charge is 2.63. The maximum Gasteiger partial charge on any atom is 0.244 e. The van der Waals surface area contributed by atoms with E-state index >= 15 is 0 Å². The van der Waals surface area contributed by atoms with E-state index < -0.39 is 0 Å². The van der Waals surface area contributed by atoms with E-state index in [9.17, 15) is 4.79 Å². The van der Waals surface area contributed by atoms with Crippen LogP contribution >= 0.6 is 0 Å². The number of rotatable bonds is 4. The van der Waals surface area contributed by atoms with E-state index in [4.69, 9.17) is 0 Å². The topological polar surface area (TPSA) is 32.3 Å². The average Bonchev–Trinajstić information content (AvgIpc) is 3.25. The Labute approximate surface area is 116 Å². The molecule has 1 heterocycles. The van der Waals surface area contributed by atoms with Crippen LogP contribution in [0.1, 0.15) is 64.7 Å². The van der Waals surface area contributed by atoms with Crippen LogP contribution in [0.15, 0.2) is 0 Å². The van der Waals surface area contributed by atoms with E-state index in [1.807, 2.05) is 0 Å². The fraction of sp³-hybridized carbons (Fsp3) is 0.938. The first-order chi connectivity index (χ1) is 9.25. The van der Waals surface area contributed by atoms with E-state index in [1.54, 1.807) is 0 Å². The number of carbonyl (C=O) groups excluding carboxylic acids is 1. The molecule has 1 saturated heterocycles. The molecule has 3 atom stereocenters. The van der Waals surface area contributed by atoms with Gasteiger partial charge in [-0.15, -0.1) is 0 Å². The Bertz CT molecular complexity index is 384. The first-order valence-electron chi connectivity index (χ1n) is 8.35. The minimum atomic E-state index is -0.105. The molecule has 1 spiro atoms. The molecule has 1 N–H and O–H groups in total. The van der Waals surface area contributed by atoms with Gasteiger partial charge in [-0.2, -0.15) is 0 Å². The fourth-order valence-corrected chi connectivity index (χ4v) is 4.50. The second-order valence-corrected chi connectivity index (χ2v) is 7.28. The summed E-state index contributed by atoms with van der Waals surface area (Å²) in [5, 5.41) is 3.74. The molecule has 0 aromatic rings.